The average Bonchev–Trinajstić information content (AvgIpc) is 2.36. The smallest absolute Gasteiger partial charge is 0.151 e. The first-order valence-corrected chi connectivity index (χ1v) is 5.17. The maximum absolute atomic E-state index is 11.2. The molecule has 0 saturated heterocycles. The van der Waals surface area contributed by atoms with Crippen molar-refractivity contribution in [3.8, 4) is 0 Å². The summed E-state index contributed by atoms with van der Waals surface area (Å²) >= 11 is 0. The van der Waals surface area contributed by atoms with Crippen molar-refractivity contribution in [2.24, 2.45) is 0 Å². The summed E-state index contributed by atoms with van der Waals surface area (Å²) in [6.07, 6.45) is 0.918. The van der Waals surface area contributed by atoms with E-state index in [0.29, 0.717) is 0 Å². The molecule has 0 aliphatic rings. The summed E-state index contributed by atoms with van der Waals surface area (Å²) < 4.78 is 0. The molecule has 1 radical (unpaired) electrons. The Morgan fingerprint density at radius 1 is 1.00 bits per heavy atom. The number of carbonyl (C=O) groups is 1. The Hall–Kier alpha value is -2.15. The highest BCUT2D eigenvalue weighted by Gasteiger charge is 2.05. The molecule has 75 valence electrons. The lowest BCUT2D eigenvalue weighted by molar-refractivity contribution is 0.112. The van der Waals surface area contributed by atoms with Gasteiger partial charge in [-0.15, -0.1) is 0 Å². The van der Waals surface area contributed by atoms with E-state index in [2.05, 4.69) is 12.1 Å². The van der Waals surface area contributed by atoms with E-state index in [4.69, 9.17) is 0 Å². The first-order chi connectivity index (χ1) is 7.90. The predicted molar refractivity (Wildman–Crippen MR) is 65.7 cm³/mol. The van der Waals surface area contributed by atoms with Crippen LogP contribution in [0.2, 0.25) is 0 Å². The van der Waals surface area contributed by atoms with Gasteiger partial charge in [0.05, 0.1) is 0 Å². The summed E-state index contributed by atoms with van der Waals surface area (Å²) in [5, 5.41) is 4.05. The van der Waals surface area contributed by atoms with Crippen molar-refractivity contribution in [1.29, 1.82) is 0 Å². The van der Waals surface area contributed by atoms with Gasteiger partial charge >= 0.3 is 0 Å². The number of hydrogen-bond donors (Lipinski definition) is 0. The van der Waals surface area contributed by atoms with Crippen molar-refractivity contribution in [2.75, 3.05) is 0 Å². The van der Waals surface area contributed by atoms with E-state index in [1.807, 2.05) is 42.5 Å². The highest BCUT2D eigenvalue weighted by Crippen LogP contribution is 2.26. The number of benzene rings is 3. The van der Waals surface area contributed by atoms with Gasteiger partial charge in [0.25, 0.3) is 0 Å². The second kappa shape index (κ2) is 3.46. The second-order valence-corrected chi connectivity index (χ2v) is 3.76. The van der Waals surface area contributed by atoms with E-state index < -0.39 is 0 Å². The van der Waals surface area contributed by atoms with E-state index in [9.17, 15) is 4.79 Å². The van der Waals surface area contributed by atoms with Crippen molar-refractivity contribution in [3.63, 3.8) is 0 Å². The van der Waals surface area contributed by atoms with Gasteiger partial charge in [0, 0.05) is 10.9 Å². The molecule has 0 aromatic heterocycles. The van der Waals surface area contributed by atoms with Crippen LogP contribution in [0.1, 0.15) is 10.4 Å². The van der Waals surface area contributed by atoms with E-state index in [0.717, 1.165) is 33.4 Å². The van der Waals surface area contributed by atoms with Crippen LogP contribution in [-0.4, -0.2) is 6.29 Å². The van der Waals surface area contributed by atoms with Crippen molar-refractivity contribution in [3.05, 3.63) is 60.2 Å². The van der Waals surface area contributed by atoms with E-state index in [-0.39, 0.29) is 0 Å². The third-order valence-electron chi connectivity index (χ3n) is 2.84. The van der Waals surface area contributed by atoms with Crippen LogP contribution in [0.15, 0.2) is 48.5 Å². The molecule has 0 aliphatic carbocycles. The average molecular weight is 205 g/mol. The summed E-state index contributed by atoms with van der Waals surface area (Å²) in [5.41, 5.74) is 0.730. The van der Waals surface area contributed by atoms with Gasteiger partial charge in [-0.25, -0.2) is 0 Å². The molecule has 3 aromatic rings. The van der Waals surface area contributed by atoms with Crippen LogP contribution >= 0.6 is 0 Å². The Bertz CT molecular complexity index is 629. The van der Waals surface area contributed by atoms with Crippen molar-refractivity contribution < 1.29 is 4.79 Å². The quantitative estimate of drug-likeness (QED) is 0.438. The Balaban J connectivity index is 2.61. The summed E-state index contributed by atoms with van der Waals surface area (Å²) in [6, 6.07) is 18.9. The lowest BCUT2D eigenvalue weighted by Gasteiger charge is -2.05. The summed E-state index contributed by atoms with van der Waals surface area (Å²) in [5.74, 6) is 0. The molecule has 0 saturated carbocycles. The summed E-state index contributed by atoms with van der Waals surface area (Å²) in [7, 11) is 0. The van der Waals surface area contributed by atoms with Crippen LogP contribution in [0.3, 0.4) is 0 Å². The Labute approximate surface area is 93.3 Å². The molecule has 0 atom stereocenters. The molecule has 3 aromatic carbocycles. The Morgan fingerprint density at radius 2 is 1.81 bits per heavy atom. The highest BCUT2D eigenvalue weighted by molar-refractivity contribution is 6.11. The SMILES string of the molecule is O=Cc1c2[c]cccc2cc2ccccc12. The van der Waals surface area contributed by atoms with Crippen LogP contribution in [0, 0.1) is 6.07 Å². The third kappa shape index (κ3) is 1.22. The molecule has 0 bridgehead atoms. The molecule has 0 heterocycles. The minimum absolute atomic E-state index is 0.730. The molecular weight excluding hydrogens is 196 g/mol. The summed E-state index contributed by atoms with van der Waals surface area (Å²) in [6.45, 7) is 0. The molecule has 0 spiro atoms. The van der Waals surface area contributed by atoms with Gasteiger partial charge in [0.1, 0.15) is 0 Å². The molecule has 16 heavy (non-hydrogen) atoms. The first-order valence-electron chi connectivity index (χ1n) is 5.17. The van der Waals surface area contributed by atoms with Gasteiger partial charge in [-0.05, 0) is 28.3 Å². The largest absolute Gasteiger partial charge is 0.298 e. The van der Waals surface area contributed by atoms with Crippen LogP contribution < -0.4 is 0 Å². The van der Waals surface area contributed by atoms with Crippen LogP contribution in [0.5, 0.6) is 0 Å². The topological polar surface area (TPSA) is 17.1 Å². The van der Waals surface area contributed by atoms with Gasteiger partial charge in [0.2, 0.25) is 0 Å². The second-order valence-electron chi connectivity index (χ2n) is 3.76. The zero-order chi connectivity index (χ0) is 11.0. The van der Waals surface area contributed by atoms with E-state index in [1.54, 1.807) is 0 Å². The molecule has 0 amide bonds. The fourth-order valence-corrected chi connectivity index (χ4v) is 2.10. The number of fused-ring (bicyclic) bond motifs is 2. The molecule has 0 aliphatic heterocycles. The van der Waals surface area contributed by atoms with Crippen LogP contribution in [-0.2, 0) is 0 Å². The zero-order valence-corrected chi connectivity index (χ0v) is 8.60. The van der Waals surface area contributed by atoms with Gasteiger partial charge in [0.15, 0.2) is 6.29 Å². The minimum atomic E-state index is 0.730. The maximum atomic E-state index is 11.2. The standard InChI is InChI=1S/C15H9O/c16-10-15-13-7-3-1-5-11(13)9-12-6-2-4-8-14(12)15/h1-7,9-10H. The van der Waals surface area contributed by atoms with Crippen molar-refractivity contribution in [1.82, 2.24) is 0 Å². The predicted octanol–water partition coefficient (Wildman–Crippen LogP) is 3.61. The van der Waals surface area contributed by atoms with Gasteiger partial charge in [-0.2, -0.15) is 0 Å². The van der Waals surface area contributed by atoms with Crippen LogP contribution in [0.25, 0.3) is 21.5 Å². The van der Waals surface area contributed by atoms with Gasteiger partial charge in [-0.3, -0.25) is 4.79 Å². The molecule has 3 rings (SSSR count). The van der Waals surface area contributed by atoms with Crippen molar-refractivity contribution >= 4 is 27.8 Å². The maximum Gasteiger partial charge on any atom is 0.151 e. The Morgan fingerprint density at radius 3 is 2.69 bits per heavy atom. The molecule has 0 N–H and O–H groups in total. The van der Waals surface area contributed by atoms with Crippen LogP contribution in [0.4, 0.5) is 0 Å². The van der Waals surface area contributed by atoms with Crippen molar-refractivity contribution in [2.45, 2.75) is 0 Å². The minimum Gasteiger partial charge on any atom is -0.298 e. The zero-order valence-electron chi connectivity index (χ0n) is 8.60. The third-order valence-corrected chi connectivity index (χ3v) is 2.84. The molecule has 0 fully saturated rings. The fraction of sp³-hybridized carbons (Fsp3) is 0. The van der Waals surface area contributed by atoms with Gasteiger partial charge < -0.3 is 0 Å². The fourth-order valence-electron chi connectivity index (χ4n) is 2.10. The molecular formula is C15H9O. The normalized spacial score (nSPS) is 10.8. The molecule has 1 nitrogen and oxygen atoms in total. The monoisotopic (exact) mass is 205 g/mol. The van der Waals surface area contributed by atoms with E-state index in [1.165, 1.54) is 0 Å². The number of hydrogen-bond acceptors (Lipinski definition) is 1. The van der Waals surface area contributed by atoms with E-state index >= 15 is 0 Å². The number of aldehydes is 1. The molecule has 1 heteroatoms. The lowest BCUT2D eigenvalue weighted by atomic mass is 9.98. The first kappa shape index (κ1) is 9.10. The molecule has 0 unspecified atom stereocenters. The van der Waals surface area contributed by atoms with Gasteiger partial charge in [-0.1, -0.05) is 42.5 Å². The Kier molecular flexibility index (Phi) is 1.97. The lowest BCUT2D eigenvalue weighted by Crippen LogP contribution is -1.86. The number of rotatable bonds is 1. The summed E-state index contributed by atoms with van der Waals surface area (Å²) in [4.78, 5) is 11.2. The highest BCUT2D eigenvalue weighted by atomic mass is 16.1. The number of carbonyl (C=O) groups excluding carboxylic acids is 1.